The van der Waals surface area contributed by atoms with Crippen LogP contribution in [-0.2, 0) is 89.3 Å². The van der Waals surface area contributed by atoms with Crippen LogP contribution in [-0.4, -0.2) is 60.3 Å². The fraction of sp³-hybridized carbons (Fsp3) is 0.317. The van der Waals surface area contributed by atoms with Gasteiger partial charge in [-0.3, -0.25) is 9.97 Å². The molecule has 0 aliphatic heterocycles. The van der Waals surface area contributed by atoms with E-state index in [-0.39, 0.29) is 62.6 Å². The number of carbonyl (C=O) groups excluding carboxylic acids is 4. The van der Waals surface area contributed by atoms with E-state index < -0.39 is 45.5 Å². The molecule has 0 saturated heterocycles. The third kappa shape index (κ3) is 17.0. The van der Waals surface area contributed by atoms with Gasteiger partial charge in [0, 0.05) is 74.9 Å². The maximum absolute atomic E-state index is 13.1. The van der Waals surface area contributed by atoms with E-state index in [0.29, 0.717) is 0 Å². The van der Waals surface area contributed by atoms with Crippen molar-refractivity contribution in [2.45, 2.75) is 239 Å². The Balaban J connectivity index is 0.000000145. The van der Waals surface area contributed by atoms with Crippen LogP contribution in [0.3, 0.4) is 0 Å². The maximum atomic E-state index is 13.1. The normalized spacial score (nSPS) is 18.5. The van der Waals surface area contributed by atoms with Crippen molar-refractivity contribution in [1.29, 1.82) is 0 Å². The molecule has 12 nitrogen and oxygen atoms in total. The fourth-order valence-corrected chi connectivity index (χ4v) is 22.9. The Labute approximate surface area is 854 Å². The second-order valence-corrected chi connectivity index (χ2v) is 39.8. The molecule has 14 aromatic rings. The largest absolute Gasteiger partial charge is 2.00 e. The van der Waals surface area contributed by atoms with Gasteiger partial charge >= 0.3 is 39.0 Å². The van der Waals surface area contributed by atoms with E-state index in [1.165, 1.54) is 66.8 Å². The van der Waals surface area contributed by atoms with E-state index in [9.17, 15) is 39.6 Å². The van der Waals surface area contributed by atoms with Crippen molar-refractivity contribution in [2.24, 2.45) is 0 Å². The first-order valence-corrected chi connectivity index (χ1v) is 48.6. The summed E-state index contributed by atoms with van der Waals surface area (Å²) in [4.78, 5) is 60.0. The number of aryl methyl sites for hydroxylation is 24. The van der Waals surface area contributed by atoms with Crippen molar-refractivity contribution in [2.75, 3.05) is 26.4 Å². The summed E-state index contributed by atoms with van der Waals surface area (Å²) in [6.45, 7) is 61.3. The average molecular weight is 2040 g/mol. The van der Waals surface area contributed by atoms with Crippen molar-refractivity contribution in [3.63, 3.8) is 0 Å². The van der Waals surface area contributed by atoms with Crippen molar-refractivity contribution < 1.29 is 88.0 Å². The predicted molar refractivity (Wildman–Crippen MR) is 547 cm³/mol. The van der Waals surface area contributed by atoms with Gasteiger partial charge in [0.15, 0.2) is 0 Å². The molecule has 0 spiro atoms. The van der Waals surface area contributed by atoms with E-state index in [2.05, 4.69) is 322 Å². The van der Waals surface area contributed by atoms with Crippen LogP contribution in [0.25, 0.3) is 0 Å². The minimum atomic E-state index is -1.26. The number of ether oxygens (including phenoxy) is 2. The summed E-state index contributed by atoms with van der Waals surface area (Å²) < 4.78 is 9.67. The molecule has 0 fully saturated rings. The van der Waals surface area contributed by atoms with Crippen LogP contribution in [0.4, 0.5) is 0 Å². The van der Waals surface area contributed by atoms with Crippen molar-refractivity contribution in [1.82, 2.24) is 9.97 Å². The molecule has 0 N–H and O–H groups in total. The van der Waals surface area contributed by atoms with Crippen molar-refractivity contribution >= 4 is 23.9 Å². The van der Waals surface area contributed by atoms with Gasteiger partial charge in [-0.15, -0.1) is 0 Å². The van der Waals surface area contributed by atoms with Gasteiger partial charge in [0.1, 0.15) is 0 Å². The molecule has 14 heteroatoms. The second kappa shape index (κ2) is 40.9. The molecule has 8 bridgehead atoms. The van der Waals surface area contributed by atoms with Crippen molar-refractivity contribution in [3.05, 3.63) is 474 Å². The molecule has 722 valence electrons. The summed E-state index contributed by atoms with van der Waals surface area (Å²) in [7, 11) is 0. The van der Waals surface area contributed by atoms with Crippen LogP contribution in [0.15, 0.2) is 207 Å². The van der Waals surface area contributed by atoms with Crippen LogP contribution in [0, 0.1) is 166 Å². The quantitative estimate of drug-likeness (QED) is 0.130. The summed E-state index contributed by atoms with van der Waals surface area (Å²) in [5.41, 5.74) is 46.7. The zero-order valence-corrected chi connectivity index (χ0v) is 89.7. The second-order valence-electron chi connectivity index (χ2n) is 39.8. The molecule has 2 heterocycles. The fourth-order valence-electron chi connectivity index (χ4n) is 22.9. The number of carboxylic acid groups (broad SMARTS) is 4. The first-order chi connectivity index (χ1) is 65.5. The number of benzene rings is 12. The van der Waals surface area contributed by atoms with Gasteiger partial charge in [-0.05, 0) is 485 Å². The summed E-state index contributed by atoms with van der Waals surface area (Å²) in [5, 5.41) is 52.4. The van der Waals surface area contributed by atoms with E-state index in [1.54, 1.807) is 24.8 Å². The molecule has 0 unspecified atom stereocenters. The van der Waals surface area contributed by atoms with E-state index in [1.807, 2.05) is 64.1 Å². The van der Waals surface area contributed by atoms with Crippen LogP contribution in [0.1, 0.15) is 318 Å². The number of aromatic nitrogens is 2. The van der Waals surface area contributed by atoms with Gasteiger partial charge in [-0.25, -0.2) is 0 Å². The summed E-state index contributed by atoms with van der Waals surface area (Å²) in [5.74, 6) is -3.88. The molecule has 0 saturated carbocycles. The number of hydrogen-bond donors (Lipinski definition) is 0. The summed E-state index contributed by atoms with van der Waals surface area (Å²) >= 11 is 0. The molecule has 0 atom stereocenters. The third-order valence-corrected chi connectivity index (χ3v) is 31.7. The Bertz CT molecular complexity index is 5840. The Hall–Kier alpha value is -12.0. The summed E-state index contributed by atoms with van der Waals surface area (Å²) in [6.07, 6.45) is 7.00. The van der Waals surface area contributed by atoms with Gasteiger partial charge < -0.3 is 49.1 Å². The smallest absolute Gasteiger partial charge is 0.548 e. The molecule has 12 aliphatic rings. The molecule has 0 amide bonds. The number of rotatable bonds is 8. The van der Waals surface area contributed by atoms with Gasteiger partial charge in [-0.1, -0.05) is 158 Å². The van der Waals surface area contributed by atoms with Gasteiger partial charge in [0.2, 0.25) is 0 Å². The number of carboxylic acids is 4. The van der Waals surface area contributed by atoms with Crippen LogP contribution >= 0.6 is 0 Å². The monoisotopic (exact) mass is 2040 g/mol. The first-order valence-electron chi connectivity index (χ1n) is 48.6. The van der Waals surface area contributed by atoms with E-state index in [4.69, 9.17) is 9.47 Å². The van der Waals surface area contributed by atoms with Gasteiger partial charge in [0.05, 0.1) is 45.5 Å². The molecular weight excluding hydrogens is 1910 g/mol. The number of nitrogens with zero attached hydrogens (tertiary/aromatic N) is 2. The molecule has 2 radical (unpaired) electrons. The van der Waals surface area contributed by atoms with Gasteiger partial charge in [-0.2, -0.15) is 0 Å². The molecule has 12 aliphatic carbocycles. The number of aliphatic carboxylic acids is 4. The minimum absolute atomic E-state index is 0. The zero-order chi connectivity index (χ0) is 100. The average Bonchev–Trinajstić information content (AvgIpc) is 0.682. The Kier molecular flexibility index (Phi) is 30.8. The summed E-state index contributed by atoms with van der Waals surface area (Å²) in [6, 6.07) is 62.8. The number of carbonyl (C=O) groups is 4. The molecule has 140 heavy (non-hydrogen) atoms. The topological polar surface area (TPSA) is 205 Å². The maximum Gasteiger partial charge on any atom is 2.00 e. The number of pyridine rings is 2. The Morgan fingerprint density at radius 1 is 0.200 bits per heavy atom. The minimum Gasteiger partial charge on any atom is -0.548 e. The standard InChI is InChI=1S/4C27H26O2.2C5H5N.2C4H10O.2Rh/c4*1-13-7-19-22(10-16(13)4)27(26(28)29)23-11-17(5)14(2)8-20(23)25(19)21-9-15(3)18(6)12-24(21)27;2*1-2-4-6-5-3-1;2*1-3-5-4-2;;/h4*7-12,25H,1-6H3,(H,28,29);2*1-5H;2*3-4H2,1-2H3;;/q;;;;;;;;2*+2/p-4. The van der Waals surface area contributed by atoms with E-state index in [0.717, 1.165) is 227 Å². The Morgan fingerprint density at radius 2 is 0.300 bits per heavy atom. The Morgan fingerprint density at radius 3 is 0.364 bits per heavy atom. The third-order valence-electron chi connectivity index (χ3n) is 31.7. The molecule has 12 aromatic carbocycles. The van der Waals surface area contributed by atoms with Gasteiger partial charge in [0.25, 0.3) is 0 Å². The zero-order valence-electron chi connectivity index (χ0n) is 86.4. The SMILES string of the molecule is CCOCC.CCOCC.Cc1cc2c(cc1C)C1(C(=O)[O-])c3cc(C)c(C)cc3C2c2cc(C)c(C)cc21.Cc1cc2c(cc1C)C1(C(=O)[O-])c3cc(C)c(C)cc3C2c2cc(C)c(C)cc21.Cc1cc2c(cc1C)C1(C(=O)[O-])c3cc(C)c(C)cc3C2c2cc(C)c(C)cc21.Cc1cc2c(cc1C)C1(C(=O)[O-])c3cc(C)c(C)cc3C2c2cc(C)c(C)cc21.[Rh+2].[Rh+2].c1ccncc1.c1ccncc1. The molecule has 26 rings (SSSR count). The number of hydrogen-bond acceptors (Lipinski definition) is 12. The van der Waals surface area contributed by atoms with E-state index >= 15 is 0 Å². The first kappa shape index (κ1) is 105. The molecular formula is C126H130N2O10Rh2. The van der Waals surface area contributed by atoms with Crippen LogP contribution in [0.2, 0.25) is 0 Å². The van der Waals surface area contributed by atoms with Crippen LogP contribution < -0.4 is 20.4 Å². The van der Waals surface area contributed by atoms with Crippen LogP contribution in [0.5, 0.6) is 0 Å². The predicted octanol–water partition coefficient (Wildman–Crippen LogP) is 22.0. The van der Waals surface area contributed by atoms with Crippen molar-refractivity contribution in [3.8, 4) is 0 Å². The molecule has 2 aromatic heterocycles.